The van der Waals surface area contributed by atoms with Gasteiger partial charge in [-0.25, -0.2) is 13.1 Å². The number of nitrogens with zero attached hydrogens (tertiary/aromatic N) is 2. The summed E-state index contributed by atoms with van der Waals surface area (Å²) in [6.45, 7) is 6.55. The molecule has 0 bridgehead atoms. The summed E-state index contributed by atoms with van der Waals surface area (Å²) in [5, 5.41) is 5.64. The predicted octanol–water partition coefficient (Wildman–Crippen LogP) is 1.84. The van der Waals surface area contributed by atoms with Crippen LogP contribution < -0.4 is 4.72 Å². The molecule has 0 saturated heterocycles. The van der Waals surface area contributed by atoms with E-state index in [9.17, 15) is 8.42 Å². The van der Waals surface area contributed by atoms with Gasteiger partial charge in [-0.05, 0) is 19.4 Å². The first-order valence-electron chi connectivity index (χ1n) is 6.54. The number of hydrogen-bond acceptors (Lipinski definition) is 3. The van der Waals surface area contributed by atoms with Gasteiger partial charge in [0.2, 0.25) is 10.0 Å². The van der Waals surface area contributed by atoms with Crippen molar-refractivity contribution in [3.05, 3.63) is 42.6 Å². The van der Waals surface area contributed by atoms with Crippen molar-refractivity contribution in [1.82, 2.24) is 14.5 Å². The van der Waals surface area contributed by atoms with Gasteiger partial charge in [0.15, 0.2) is 0 Å². The fourth-order valence-electron chi connectivity index (χ4n) is 2.10. The molecule has 0 radical (unpaired) electrons. The molecule has 0 spiro atoms. The maximum Gasteiger partial charge on any atom is 0.215 e. The molecule has 1 aromatic carbocycles. The minimum Gasteiger partial charge on any atom is -0.269 e. The van der Waals surface area contributed by atoms with Crippen LogP contribution in [0.1, 0.15) is 12.1 Å². The van der Waals surface area contributed by atoms with Gasteiger partial charge in [0, 0.05) is 24.2 Å². The Kier molecular flexibility index (Phi) is 4.57. The maximum absolute atomic E-state index is 11.4. The Morgan fingerprint density at radius 1 is 1.40 bits per heavy atom. The first-order chi connectivity index (χ1) is 9.53. The molecule has 1 N–H and O–H groups in total. The highest BCUT2D eigenvalue weighted by atomic mass is 32.2. The Morgan fingerprint density at radius 2 is 2.15 bits per heavy atom. The van der Waals surface area contributed by atoms with E-state index in [0.29, 0.717) is 19.5 Å². The van der Waals surface area contributed by atoms with Gasteiger partial charge in [0.1, 0.15) is 0 Å². The van der Waals surface area contributed by atoms with Crippen molar-refractivity contribution in [2.24, 2.45) is 0 Å². The minimum absolute atomic E-state index is 0.0440. The SMILES string of the molecule is C=CCS(=O)(=O)NCCCn1nc2ccccc2c1C. The lowest BCUT2D eigenvalue weighted by atomic mass is 10.2. The molecule has 20 heavy (non-hydrogen) atoms. The summed E-state index contributed by atoms with van der Waals surface area (Å²) < 4.78 is 27.4. The standard InChI is InChI=1S/C14H19N3O2S/c1-3-11-20(18,19)15-9-6-10-17-12(2)13-7-4-5-8-14(13)16-17/h3-5,7-8,15H,1,6,9-11H2,2H3. The number of sulfonamides is 1. The molecule has 6 heteroatoms. The second-order valence-corrected chi connectivity index (χ2v) is 6.50. The van der Waals surface area contributed by atoms with Crippen LogP contribution in [0.2, 0.25) is 0 Å². The second-order valence-electron chi connectivity index (χ2n) is 4.64. The molecule has 5 nitrogen and oxygen atoms in total. The summed E-state index contributed by atoms with van der Waals surface area (Å²) in [5.74, 6) is -0.0440. The van der Waals surface area contributed by atoms with Gasteiger partial charge in [-0.2, -0.15) is 5.10 Å². The van der Waals surface area contributed by atoms with Gasteiger partial charge >= 0.3 is 0 Å². The van der Waals surface area contributed by atoms with E-state index in [1.165, 1.54) is 6.08 Å². The van der Waals surface area contributed by atoms with Crippen molar-refractivity contribution >= 4 is 20.9 Å². The van der Waals surface area contributed by atoms with Crippen LogP contribution in [-0.4, -0.2) is 30.5 Å². The van der Waals surface area contributed by atoms with Crippen molar-refractivity contribution in [3.63, 3.8) is 0 Å². The number of benzene rings is 1. The van der Waals surface area contributed by atoms with E-state index in [0.717, 1.165) is 16.6 Å². The number of nitrogens with one attached hydrogen (secondary N) is 1. The molecule has 0 saturated carbocycles. The fraction of sp³-hybridized carbons (Fsp3) is 0.357. The Balaban J connectivity index is 1.93. The van der Waals surface area contributed by atoms with E-state index in [1.54, 1.807) is 0 Å². The molecule has 0 fully saturated rings. The largest absolute Gasteiger partial charge is 0.269 e. The van der Waals surface area contributed by atoms with Crippen LogP contribution in [0.25, 0.3) is 10.9 Å². The van der Waals surface area contributed by atoms with E-state index < -0.39 is 10.0 Å². The molecule has 108 valence electrons. The molecule has 0 atom stereocenters. The Hall–Kier alpha value is -1.66. The molecule has 1 heterocycles. The molecule has 0 amide bonds. The van der Waals surface area contributed by atoms with Crippen LogP contribution in [0.3, 0.4) is 0 Å². The van der Waals surface area contributed by atoms with Gasteiger partial charge in [-0.15, -0.1) is 6.58 Å². The van der Waals surface area contributed by atoms with Crippen LogP contribution in [0, 0.1) is 6.92 Å². The number of hydrogen-bond donors (Lipinski definition) is 1. The monoisotopic (exact) mass is 293 g/mol. The van der Waals surface area contributed by atoms with Crippen LogP contribution >= 0.6 is 0 Å². The predicted molar refractivity (Wildman–Crippen MR) is 81.1 cm³/mol. The molecule has 0 aliphatic rings. The van der Waals surface area contributed by atoms with Gasteiger partial charge in [0.25, 0.3) is 0 Å². The number of rotatable bonds is 7. The van der Waals surface area contributed by atoms with E-state index >= 15 is 0 Å². The minimum atomic E-state index is -3.22. The van der Waals surface area contributed by atoms with E-state index in [4.69, 9.17) is 0 Å². The summed E-state index contributed by atoms with van der Waals surface area (Å²) in [4.78, 5) is 0. The molecule has 1 aromatic heterocycles. The van der Waals surface area contributed by atoms with Crippen LogP contribution in [0.15, 0.2) is 36.9 Å². The Labute approximate surface area is 119 Å². The number of aryl methyl sites for hydroxylation is 2. The molecule has 0 unspecified atom stereocenters. The zero-order valence-corrected chi connectivity index (χ0v) is 12.4. The number of fused-ring (bicyclic) bond motifs is 1. The molecular formula is C14H19N3O2S. The third-order valence-corrected chi connectivity index (χ3v) is 4.43. The summed E-state index contributed by atoms with van der Waals surface area (Å²) in [7, 11) is -3.22. The summed E-state index contributed by atoms with van der Waals surface area (Å²) >= 11 is 0. The lowest BCUT2D eigenvalue weighted by molar-refractivity contribution is 0.550. The smallest absolute Gasteiger partial charge is 0.215 e. The lowest BCUT2D eigenvalue weighted by Gasteiger charge is -2.06. The third kappa shape index (κ3) is 3.46. The Bertz CT molecular complexity index is 704. The maximum atomic E-state index is 11.4. The van der Waals surface area contributed by atoms with Gasteiger partial charge in [0.05, 0.1) is 11.3 Å². The average Bonchev–Trinajstić information content (AvgIpc) is 2.72. The molecule has 2 rings (SSSR count). The van der Waals surface area contributed by atoms with E-state index in [1.807, 2.05) is 35.9 Å². The summed E-state index contributed by atoms with van der Waals surface area (Å²) in [6, 6.07) is 7.97. The van der Waals surface area contributed by atoms with Gasteiger partial charge in [-0.3, -0.25) is 4.68 Å². The fourth-order valence-corrected chi connectivity index (χ4v) is 2.98. The summed E-state index contributed by atoms with van der Waals surface area (Å²) in [5.41, 5.74) is 2.08. The molecule has 2 aromatic rings. The highest BCUT2D eigenvalue weighted by Crippen LogP contribution is 2.16. The number of aromatic nitrogens is 2. The molecule has 0 aliphatic carbocycles. The molecule has 0 aliphatic heterocycles. The van der Waals surface area contributed by atoms with Crippen LogP contribution in [0.4, 0.5) is 0 Å². The Morgan fingerprint density at radius 3 is 2.85 bits per heavy atom. The van der Waals surface area contributed by atoms with Crippen LogP contribution in [-0.2, 0) is 16.6 Å². The topological polar surface area (TPSA) is 64.0 Å². The summed E-state index contributed by atoms with van der Waals surface area (Å²) in [6.07, 6.45) is 2.08. The van der Waals surface area contributed by atoms with Crippen molar-refractivity contribution in [1.29, 1.82) is 0 Å². The average molecular weight is 293 g/mol. The van der Waals surface area contributed by atoms with Crippen molar-refractivity contribution in [2.45, 2.75) is 19.9 Å². The van der Waals surface area contributed by atoms with Gasteiger partial charge in [-0.1, -0.05) is 24.3 Å². The van der Waals surface area contributed by atoms with E-state index in [2.05, 4.69) is 16.4 Å². The van der Waals surface area contributed by atoms with Crippen LogP contribution in [0.5, 0.6) is 0 Å². The normalized spacial score (nSPS) is 11.8. The van der Waals surface area contributed by atoms with Crippen molar-refractivity contribution in [2.75, 3.05) is 12.3 Å². The highest BCUT2D eigenvalue weighted by molar-refractivity contribution is 7.89. The first-order valence-corrected chi connectivity index (χ1v) is 8.19. The lowest BCUT2D eigenvalue weighted by Crippen LogP contribution is -2.27. The third-order valence-electron chi connectivity index (χ3n) is 3.12. The zero-order chi connectivity index (χ0) is 14.6. The van der Waals surface area contributed by atoms with Crippen molar-refractivity contribution in [3.8, 4) is 0 Å². The van der Waals surface area contributed by atoms with E-state index in [-0.39, 0.29) is 5.75 Å². The first kappa shape index (κ1) is 14.7. The quantitative estimate of drug-likeness (QED) is 0.626. The highest BCUT2D eigenvalue weighted by Gasteiger charge is 2.08. The van der Waals surface area contributed by atoms with Crippen molar-refractivity contribution < 1.29 is 8.42 Å². The van der Waals surface area contributed by atoms with Gasteiger partial charge < -0.3 is 0 Å². The zero-order valence-electron chi connectivity index (χ0n) is 11.5. The second kappa shape index (κ2) is 6.19. The molecular weight excluding hydrogens is 274 g/mol.